The zero-order chi connectivity index (χ0) is 10.4. The lowest BCUT2D eigenvalue weighted by atomic mass is 10.3. The Labute approximate surface area is 76.9 Å². The molecule has 1 amide bonds. The van der Waals surface area contributed by atoms with E-state index in [1.165, 1.54) is 13.0 Å². The first-order valence-corrected chi connectivity index (χ1v) is 3.79. The van der Waals surface area contributed by atoms with Crippen molar-refractivity contribution in [1.82, 2.24) is 5.32 Å². The lowest BCUT2D eigenvalue weighted by molar-refractivity contribution is -0.134. The van der Waals surface area contributed by atoms with Crippen LogP contribution in [-0.2, 0) is 9.59 Å². The van der Waals surface area contributed by atoms with Crippen molar-refractivity contribution in [3.05, 3.63) is 23.4 Å². The minimum absolute atomic E-state index is 0.117. The Morgan fingerprint density at radius 1 is 1.15 bits per heavy atom. The van der Waals surface area contributed by atoms with E-state index in [4.69, 9.17) is 5.11 Å². The molecule has 13 heavy (non-hydrogen) atoms. The van der Waals surface area contributed by atoms with Gasteiger partial charge in [-0.2, -0.15) is 0 Å². The molecule has 0 saturated carbocycles. The highest BCUT2D eigenvalue weighted by Gasteiger charge is 2.06. The predicted molar refractivity (Wildman–Crippen MR) is 49.0 cm³/mol. The molecule has 0 aliphatic heterocycles. The van der Waals surface area contributed by atoms with E-state index in [0.29, 0.717) is 0 Å². The molecule has 0 aliphatic rings. The van der Waals surface area contributed by atoms with Crippen LogP contribution in [0, 0.1) is 0 Å². The number of carbonyl (C=O) groups is 2. The third-order valence-electron chi connectivity index (χ3n) is 1.12. The summed E-state index contributed by atoms with van der Waals surface area (Å²) in [5, 5.41) is 10.8. The Kier molecular flexibility index (Phi) is 4.51. The van der Waals surface area contributed by atoms with E-state index >= 15 is 0 Å². The molecule has 0 aliphatic carbocycles. The molecular weight excluding hydrogens is 170 g/mol. The van der Waals surface area contributed by atoms with E-state index in [1.54, 1.807) is 6.08 Å². The molecule has 0 heterocycles. The van der Waals surface area contributed by atoms with Gasteiger partial charge in [-0.1, -0.05) is 11.6 Å². The maximum atomic E-state index is 10.6. The molecule has 0 saturated heterocycles. The molecule has 0 radical (unpaired) electrons. The number of amides is 1. The maximum Gasteiger partial charge on any atom is 0.352 e. The summed E-state index contributed by atoms with van der Waals surface area (Å²) in [5.74, 6) is -1.54. The number of hydrogen-bond donors (Lipinski definition) is 2. The van der Waals surface area contributed by atoms with Crippen LogP contribution in [-0.4, -0.2) is 17.0 Å². The van der Waals surface area contributed by atoms with Gasteiger partial charge in [-0.15, -0.1) is 0 Å². The first kappa shape index (κ1) is 11.4. The highest BCUT2D eigenvalue weighted by Crippen LogP contribution is 1.94. The number of allylic oxidation sites excluding steroid dienone is 3. The zero-order valence-electron chi connectivity index (χ0n) is 7.92. The van der Waals surface area contributed by atoms with Gasteiger partial charge in [0.05, 0.1) is 0 Å². The van der Waals surface area contributed by atoms with E-state index < -0.39 is 11.9 Å². The van der Waals surface area contributed by atoms with Crippen molar-refractivity contribution >= 4 is 11.9 Å². The van der Waals surface area contributed by atoms with Crippen LogP contribution in [0.2, 0.25) is 0 Å². The Bertz CT molecular complexity index is 273. The van der Waals surface area contributed by atoms with Gasteiger partial charge in [0.2, 0.25) is 5.91 Å². The van der Waals surface area contributed by atoms with Crippen LogP contribution in [0.15, 0.2) is 23.4 Å². The summed E-state index contributed by atoms with van der Waals surface area (Å²) in [4.78, 5) is 21.1. The average Bonchev–Trinajstić information content (AvgIpc) is 1.96. The van der Waals surface area contributed by atoms with Gasteiger partial charge in [0.15, 0.2) is 0 Å². The molecule has 0 fully saturated rings. The van der Waals surface area contributed by atoms with Gasteiger partial charge in [-0.3, -0.25) is 4.79 Å². The number of nitrogens with one attached hydrogen (secondary N) is 1. The number of aliphatic carboxylic acids is 1. The zero-order valence-corrected chi connectivity index (χ0v) is 7.92. The second-order valence-electron chi connectivity index (χ2n) is 2.81. The standard InChI is InChI=1S/C9H13NO3/c1-6(2)4-5-8(9(12)13)10-7(3)11/h4-5H,1-3H3,(H,10,11)(H,12,13). The van der Waals surface area contributed by atoms with E-state index in [1.807, 2.05) is 13.8 Å². The predicted octanol–water partition coefficient (Wildman–Crippen LogP) is 1.06. The number of carboxylic acid groups (broad SMARTS) is 1. The summed E-state index contributed by atoms with van der Waals surface area (Å²) in [6, 6.07) is 0. The number of rotatable bonds is 3. The Morgan fingerprint density at radius 2 is 1.69 bits per heavy atom. The molecule has 0 aromatic carbocycles. The number of carboxylic acids is 1. The fourth-order valence-electron chi connectivity index (χ4n) is 0.606. The molecule has 0 aromatic heterocycles. The van der Waals surface area contributed by atoms with E-state index in [-0.39, 0.29) is 5.70 Å². The molecule has 2 N–H and O–H groups in total. The third-order valence-corrected chi connectivity index (χ3v) is 1.12. The molecule has 72 valence electrons. The van der Waals surface area contributed by atoms with Crippen LogP contribution in [0.1, 0.15) is 20.8 Å². The van der Waals surface area contributed by atoms with Gasteiger partial charge >= 0.3 is 5.97 Å². The van der Waals surface area contributed by atoms with Crippen LogP contribution in [0.3, 0.4) is 0 Å². The Balaban J connectivity index is 4.61. The summed E-state index contributed by atoms with van der Waals surface area (Å²) in [5.41, 5.74) is 0.845. The molecule has 0 atom stereocenters. The molecule has 0 bridgehead atoms. The van der Waals surface area contributed by atoms with Crippen molar-refractivity contribution in [3.8, 4) is 0 Å². The molecule has 4 nitrogen and oxygen atoms in total. The highest BCUT2D eigenvalue weighted by molar-refractivity contribution is 5.92. The molecular formula is C9H13NO3. The second kappa shape index (κ2) is 5.13. The minimum atomic E-state index is -1.15. The molecule has 0 aromatic rings. The second-order valence-corrected chi connectivity index (χ2v) is 2.81. The summed E-state index contributed by atoms with van der Waals surface area (Å²) in [6.07, 6.45) is 2.98. The van der Waals surface area contributed by atoms with E-state index in [2.05, 4.69) is 5.32 Å². The SMILES string of the molecule is CC(=O)NC(=CC=C(C)C)C(=O)O. The van der Waals surface area contributed by atoms with Gasteiger partial charge in [0, 0.05) is 6.92 Å². The highest BCUT2D eigenvalue weighted by atomic mass is 16.4. The third kappa shape index (κ3) is 5.66. The van der Waals surface area contributed by atoms with Crippen molar-refractivity contribution in [2.45, 2.75) is 20.8 Å². The lowest BCUT2D eigenvalue weighted by Crippen LogP contribution is -2.24. The van der Waals surface area contributed by atoms with Crippen LogP contribution in [0.25, 0.3) is 0 Å². The molecule has 4 heteroatoms. The van der Waals surface area contributed by atoms with E-state index in [0.717, 1.165) is 5.57 Å². The van der Waals surface area contributed by atoms with Gasteiger partial charge in [-0.05, 0) is 19.9 Å². The quantitative estimate of drug-likeness (QED) is 0.507. The summed E-state index contributed by atoms with van der Waals surface area (Å²) in [7, 11) is 0. The average molecular weight is 183 g/mol. The summed E-state index contributed by atoms with van der Waals surface area (Å²) < 4.78 is 0. The fraction of sp³-hybridized carbons (Fsp3) is 0.333. The van der Waals surface area contributed by atoms with Crippen molar-refractivity contribution in [1.29, 1.82) is 0 Å². The number of carbonyl (C=O) groups excluding carboxylic acids is 1. The van der Waals surface area contributed by atoms with Crippen molar-refractivity contribution in [2.24, 2.45) is 0 Å². The van der Waals surface area contributed by atoms with Gasteiger partial charge in [0.1, 0.15) is 5.70 Å². The van der Waals surface area contributed by atoms with Crippen molar-refractivity contribution < 1.29 is 14.7 Å². The van der Waals surface area contributed by atoms with Crippen LogP contribution >= 0.6 is 0 Å². The molecule has 0 rings (SSSR count). The van der Waals surface area contributed by atoms with Gasteiger partial charge in [0.25, 0.3) is 0 Å². The van der Waals surface area contributed by atoms with Crippen molar-refractivity contribution in [3.63, 3.8) is 0 Å². The Morgan fingerprint density at radius 3 is 2.00 bits per heavy atom. The van der Waals surface area contributed by atoms with Crippen LogP contribution in [0.5, 0.6) is 0 Å². The van der Waals surface area contributed by atoms with Crippen molar-refractivity contribution in [2.75, 3.05) is 0 Å². The normalized spacial score (nSPS) is 10.5. The van der Waals surface area contributed by atoms with Crippen LogP contribution in [0.4, 0.5) is 0 Å². The maximum absolute atomic E-state index is 10.6. The topological polar surface area (TPSA) is 66.4 Å². The van der Waals surface area contributed by atoms with E-state index in [9.17, 15) is 9.59 Å². The first-order chi connectivity index (χ1) is 5.93. The van der Waals surface area contributed by atoms with Crippen LogP contribution < -0.4 is 5.32 Å². The molecule has 0 spiro atoms. The monoisotopic (exact) mass is 183 g/mol. The first-order valence-electron chi connectivity index (χ1n) is 3.79. The number of hydrogen-bond acceptors (Lipinski definition) is 2. The molecule has 0 unspecified atom stereocenters. The summed E-state index contributed by atoms with van der Waals surface area (Å²) in [6.45, 7) is 4.94. The smallest absolute Gasteiger partial charge is 0.352 e. The summed E-state index contributed by atoms with van der Waals surface area (Å²) >= 11 is 0. The van der Waals surface area contributed by atoms with Gasteiger partial charge < -0.3 is 10.4 Å². The Hall–Kier alpha value is -1.58. The lowest BCUT2D eigenvalue weighted by Gasteiger charge is -2.00. The van der Waals surface area contributed by atoms with Gasteiger partial charge in [-0.25, -0.2) is 4.79 Å². The fourth-order valence-corrected chi connectivity index (χ4v) is 0.606. The largest absolute Gasteiger partial charge is 0.477 e. The minimum Gasteiger partial charge on any atom is -0.477 e.